The minimum absolute atomic E-state index is 0.149. The molecule has 4 rings (SSSR count). The van der Waals surface area contributed by atoms with Crippen LogP contribution in [0.25, 0.3) is 11.1 Å². The van der Waals surface area contributed by atoms with Crippen molar-refractivity contribution in [3.63, 3.8) is 0 Å². The van der Waals surface area contributed by atoms with E-state index in [2.05, 4.69) is 11.2 Å². The van der Waals surface area contributed by atoms with E-state index in [1.165, 1.54) is 23.4 Å². The lowest BCUT2D eigenvalue weighted by atomic mass is 10.0. The summed E-state index contributed by atoms with van der Waals surface area (Å²) < 4.78 is 1.11. The van der Waals surface area contributed by atoms with Crippen molar-refractivity contribution in [3.05, 3.63) is 81.5 Å². The van der Waals surface area contributed by atoms with E-state index >= 15 is 0 Å². The summed E-state index contributed by atoms with van der Waals surface area (Å²) in [5, 5.41) is 14.8. The fourth-order valence-corrected chi connectivity index (χ4v) is 3.13. The Bertz CT molecular complexity index is 975. The highest BCUT2D eigenvalue weighted by Crippen LogP contribution is 2.36. The molecule has 0 unspecified atom stereocenters. The van der Waals surface area contributed by atoms with Crippen LogP contribution in [-0.4, -0.2) is 20.5 Å². The van der Waals surface area contributed by atoms with E-state index in [0.717, 1.165) is 22.2 Å². The zero-order valence-corrected chi connectivity index (χ0v) is 12.7. The Morgan fingerprint density at radius 2 is 1.92 bits per heavy atom. The van der Waals surface area contributed by atoms with Gasteiger partial charge in [-0.2, -0.15) is 0 Å². The Kier molecular flexibility index (Phi) is 3.23. The number of hydrogen-bond donors (Lipinski definition) is 0. The van der Waals surface area contributed by atoms with Crippen molar-refractivity contribution in [1.82, 2.24) is 9.78 Å². The van der Waals surface area contributed by atoms with Crippen LogP contribution < -0.4 is 0 Å². The topological polar surface area (TPSA) is 78.0 Å². The van der Waals surface area contributed by atoms with Gasteiger partial charge in [-0.05, 0) is 39.7 Å². The predicted molar refractivity (Wildman–Crippen MR) is 87.9 cm³/mol. The quantitative estimate of drug-likeness (QED) is 0.328. The van der Waals surface area contributed by atoms with Crippen LogP contribution >= 0.6 is 0 Å². The number of nitro groups is 1. The molecule has 6 heteroatoms. The van der Waals surface area contributed by atoms with Gasteiger partial charge in [0.15, 0.2) is 6.54 Å². The van der Waals surface area contributed by atoms with Crippen molar-refractivity contribution in [2.45, 2.75) is 13.0 Å². The Morgan fingerprint density at radius 3 is 2.75 bits per heavy atom. The van der Waals surface area contributed by atoms with E-state index in [9.17, 15) is 14.9 Å². The number of carbonyl (C=O) groups excluding carboxylic acids is 1. The highest BCUT2D eigenvalue weighted by atomic mass is 16.6. The fraction of sp³-hybridized carbons (Fsp3) is 0.111. The van der Waals surface area contributed by atoms with Crippen LogP contribution in [0.5, 0.6) is 0 Å². The molecule has 1 heterocycles. The lowest BCUT2D eigenvalue weighted by Gasteiger charge is -2.05. The first-order valence-electron chi connectivity index (χ1n) is 7.54. The molecular weight excluding hydrogens is 306 g/mol. The van der Waals surface area contributed by atoms with Crippen molar-refractivity contribution in [2.75, 3.05) is 0 Å². The van der Waals surface area contributed by atoms with E-state index in [-0.39, 0.29) is 18.1 Å². The second-order valence-electron chi connectivity index (χ2n) is 5.73. The van der Waals surface area contributed by atoms with Gasteiger partial charge in [-0.1, -0.05) is 41.5 Å². The third kappa shape index (κ3) is 2.28. The monoisotopic (exact) mass is 319 g/mol. The number of aromatic nitrogens is 2. The third-order valence-corrected chi connectivity index (χ3v) is 4.29. The normalized spacial score (nSPS) is 11.8. The molecule has 0 saturated heterocycles. The smallest absolute Gasteiger partial charge is 0.345 e. The van der Waals surface area contributed by atoms with Crippen LogP contribution in [0.2, 0.25) is 0 Å². The lowest BCUT2D eigenvalue weighted by Crippen LogP contribution is -2.13. The van der Waals surface area contributed by atoms with Crippen LogP contribution in [0, 0.1) is 10.1 Å². The molecule has 0 aliphatic heterocycles. The minimum Gasteiger partial charge on any atom is -0.358 e. The summed E-state index contributed by atoms with van der Waals surface area (Å²) >= 11 is 0. The van der Waals surface area contributed by atoms with Gasteiger partial charge in [0, 0.05) is 5.56 Å². The molecule has 3 aromatic rings. The molecule has 118 valence electrons. The van der Waals surface area contributed by atoms with Gasteiger partial charge in [0.2, 0.25) is 5.78 Å². The molecule has 1 aliphatic rings. The van der Waals surface area contributed by atoms with Crippen LogP contribution in [0.3, 0.4) is 0 Å². The number of carbonyl (C=O) groups is 1. The Morgan fingerprint density at radius 1 is 1.12 bits per heavy atom. The molecular formula is C18H13N3O3. The first-order chi connectivity index (χ1) is 11.6. The number of benzene rings is 2. The van der Waals surface area contributed by atoms with Crippen molar-refractivity contribution in [2.24, 2.45) is 0 Å². The number of Topliss-reactive ketones (excluding diaryl/α,β-unsaturated/α-hetero) is 1. The first-order valence-corrected chi connectivity index (χ1v) is 7.54. The van der Waals surface area contributed by atoms with Crippen molar-refractivity contribution < 1.29 is 9.72 Å². The molecule has 24 heavy (non-hydrogen) atoms. The molecule has 0 radical (unpaired) electrons. The first kappa shape index (κ1) is 14.3. The van der Waals surface area contributed by atoms with Crippen LogP contribution in [0.1, 0.15) is 21.5 Å². The van der Waals surface area contributed by atoms with Crippen LogP contribution in [-0.2, 0) is 13.0 Å². The molecule has 0 atom stereocenters. The average Bonchev–Trinajstić information content (AvgIpc) is 3.18. The molecule has 0 N–H and O–H groups in total. The molecule has 1 aromatic heterocycles. The predicted octanol–water partition coefficient (Wildman–Crippen LogP) is 3.25. The number of rotatable bonds is 4. The maximum atomic E-state index is 12.5. The average molecular weight is 319 g/mol. The second kappa shape index (κ2) is 5.42. The number of hydrogen-bond acceptors (Lipinski definition) is 4. The standard InChI is InChI=1S/C18H13N3O3/c22-17(11-20-18(21(23)24)7-8-19-20)14-6-5-13-9-12-3-1-2-4-15(12)16(13)10-14/h1-8,10H,9,11H2. The molecule has 1 aliphatic carbocycles. The van der Waals surface area contributed by atoms with Gasteiger partial charge in [-0.3, -0.25) is 4.79 Å². The highest BCUT2D eigenvalue weighted by molar-refractivity contribution is 5.98. The number of ketones is 1. The van der Waals surface area contributed by atoms with Gasteiger partial charge < -0.3 is 10.1 Å². The summed E-state index contributed by atoms with van der Waals surface area (Å²) in [6.07, 6.45) is 2.19. The van der Waals surface area contributed by atoms with Gasteiger partial charge in [-0.15, -0.1) is 4.68 Å². The Balaban J connectivity index is 1.66. The van der Waals surface area contributed by atoms with E-state index in [1.54, 1.807) is 6.07 Å². The van der Waals surface area contributed by atoms with E-state index < -0.39 is 4.92 Å². The van der Waals surface area contributed by atoms with Crippen molar-refractivity contribution in [3.8, 4) is 11.1 Å². The van der Waals surface area contributed by atoms with Crippen molar-refractivity contribution in [1.29, 1.82) is 0 Å². The third-order valence-electron chi connectivity index (χ3n) is 4.29. The SMILES string of the molecule is O=C(Cn1nccc1[N+](=O)[O-])c1ccc2c(c1)-c1ccccc1C2. The van der Waals surface area contributed by atoms with E-state index in [1.807, 2.05) is 30.3 Å². The maximum absolute atomic E-state index is 12.5. The molecule has 6 nitrogen and oxygen atoms in total. The molecule has 0 spiro atoms. The fourth-order valence-electron chi connectivity index (χ4n) is 3.13. The van der Waals surface area contributed by atoms with Crippen molar-refractivity contribution >= 4 is 11.6 Å². The molecule has 2 aromatic carbocycles. The van der Waals surface area contributed by atoms with Crippen LogP contribution in [0.4, 0.5) is 5.82 Å². The summed E-state index contributed by atoms with van der Waals surface area (Å²) in [6.45, 7) is -0.149. The van der Waals surface area contributed by atoms with Gasteiger partial charge in [0.25, 0.3) is 0 Å². The molecule has 0 amide bonds. The minimum atomic E-state index is -0.542. The summed E-state index contributed by atoms with van der Waals surface area (Å²) in [5.74, 6) is -0.385. The number of nitrogens with zero attached hydrogens (tertiary/aromatic N) is 3. The zero-order chi connectivity index (χ0) is 16.7. The summed E-state index contributed by atoms with van der Waals surface area (Å²) in [4.78, 5) is 22.9. The second-order valence-corrected chi connectivity index (χ2v) is 5.73. The van der Waals surface area contributed by atoms with E-state index in [4.69, 9.17) is 0 Å². The number of fused-ring (bicyclic) bond motifs is 3. The molecule has 0 saturated carbocycles. The van der Waals surface area contributed by atoms with Gasteiger partial charge >= 0.3 is 5.82 Å². The van der Waals surface area contributed by atoms with E-state index in [0.29, 0.717) is 5.56 Å². The Hall–Kier alpha value is -3.28. The largest absolute Gasteiger partial charge is 0.358 e. The van der Waals surface area contributed by atoms with Gasteiger partial charge in [-0.25, -0.2) is 0 Å². The summed E-state index contributed by atoms with van der Waals surface area (Å²) in [7, 11) is 0. The molecule has 0 bridgehead atoms. The lowest BCUT2D eigenvalue weighted by molar-refractivity contribution is -0.392. The van der Waals surface area contributed by atoms with Gasteiger partial charge in [0.05, 0.1) is 12.3 Å². The highest BCUT2D eigenvalue weighted by Gasteiger charge is 2.22. The zero-order valence-electron chi connectivity index (χ0n) is 12.7. The van der Waals surface area contributed by atoms with Crippen LogP contribution in [0.15, 0.2) is 54.7 Å². The van der Waals surface area contributed by atoms with Gasteiger partial charge in [0.1, 0.15) is 0 Å². The molecule has 0 fully saturated rings. The maximum Gasteiger partial charge on any atom is 0.345 e. The summed E-state index contributed by atoms with van der Waals surface area (Å²) in [6, 6.07) is 15.0. The summed E-state index contributed by atoms with van der Waals surface area (Å²) in [5.41, 5.74) is 5.19. The Labute approximate surface area is 137 Å².